The Bertz CT molecular complexity index is 2980. The predicted molar refractivity (Wildman–Crippen MR) is 301 cm³/mol. The molecule has 1 spiro atoms. The molecule has 11 rings (SSSR count). The number of ether oxygens (including phenoxy) is 1. The number of nitrogens with one attached hydrogen (secondary N) is 1. The van der Waals surface area contributed by atoms with Crippen molar-refractivity contribution >= 4 is 40.4 Å². The third-order valence-electron chi connectivity index (χ3n) is 18.2. The van der Waals surface area contributed by atoms with E-state index < -0.39 is 23.7 Å². The molecule has 8 heterocycles. The van der Waals surface area contributed by atoms with Crippen LogP contribution in [0.4, 0.5) is 11.6 Å². The van der Waals surface area contributed by atoms with Gasteiger partial charge >= 0.3 is 0 Å². The van der Waals surface area contributed by atoms with Crippen molar-refractivity contribution < 1.29 is 29.1 Å². The van der Waals surface area contributed by atoms with Gasteiger partial charge in [0.25, 0.3) is 0 Å². The highest BCUT2D eigenvalue weighted by atomic mass is 32.1. The zero-order valence-corrected chi connectivity index (χ0v) is 46.9. The fraction of sp³-hybridized carbons (Fsp3) is 0.576. The second-order valence-electron chi connectivity index (χ2n) is 24.0. The molecule has 1 saturated carbocycles. The van der Waals surface area contributed by atoms with E-state index >= 15 is 0 Å². The fourth-order valence-corrected chi connectivity index (χ4v) is 14.1. The van der Waals surface area contributed by atoms with Crippen LogP contribution in [-0.2, 0) is 14.3 Å². The molecule has 4 aliphatic heterocycles. The minimum Gasteiger partial charge on any atom is -0.391 e. The van der Waals surface area contributed by atoms with Crippen LogP contribution in [0.15, 0.2) is 77.1 Å². The smallest absolute Gasteiger partial charge is 0.243 e. The van der Waals surface area contributed by atoms with Crippen LogP contribution in [0.3, 0.4) is 0 Å². The molecule has 1 aromatic carbocycles. The van der Waals surface area contributed by atoms with E-state index in [9.17, 15) is 19.8 Å². The Morgan fingerprint density at radius 1 is 0.987 bits per heavy atom. The number of carbonyl (C=O) groups is 2. The van der Waals surface area contributed by atoms with E-state index in [1.807, 2.05) is 105 Å². The van der Waals surface area contributed by atoms with Gasteiger partial charge in [0, 0.05) is 80.7 Å². The molecule has 2 amide bonds. The van der Waals surface area contributed by atoms with Crippen LogP contribution in [0, 0.1) is 24.2 Å². The predicted octanol–water partition coefficient (Wildman–Crippen LogP) is 7.44. The van der Waals surface area contributed by atoms with Gasteiger partial charge in [-0.1, -0.05) is 61.5 Å². The van der Waals surface area contributed by atoms with Gasteiger partial charge in [0.1, 0.15) is 12.0 Å². The normalized spacial score (nSPS) is 25.6. The number of carbonyl (C=O) groups excluding carboxylic acids is 2. The lowest BCUT2D eigenvalue weighted by Gasteiger charge is -2.56. The molecule has 416 valence electrons. The van der Waals surface area contributed by atoms with Gasteiger partial charge in [-0.25, -0.2) is 4.98 Å². The molecule has 4 saturated heterocycles. The molecule has 0 radical (unpaired) electrons. The number of rotatable bonds is 15. The number of nitrogens with two attached hydrogens (primary N) is 1. The zero-order chi connectivity index (χ0) is 54.5. The van der Waals surface area contributed by atoms with Crippen LogP contribution < -0.4 is 16.0 Å². The molecule has 18 nitrogen and oxygen atoms in total. The summed E-state index contributed by atoms with van der Waals surface area (Å²) in [5.74, 6) is 0.903. The molecule has 5 aromatic rings. The molecule has 19 heteroatoms. The van der Waals surface area contributed by atoms with Crippen LogP contribution in [-0.4, -0.2) is 156 Å². The van der Waals surface area contributed by atoms with Crippen LogP contribution >= 0.6 is 11.3 Å². The van der Waals surface area contributed by atoms with Crippen molar-refractivity contribution in [1.29, 1.82) is 0 Å². The Kier molecular flexibility index (Phi) is 15.5. The molecule has 4 aromatic heterocycles. The maximum atomic E-state index is 14.4. The average molecular weight is 1080 g/mol. The highest BCUT2D eigenvalue weighted by molar-refractivity contribution is 7.13. The molecule has 6 aliphatic rings. The van der Waals surface area contributed by atoms with Crippen molar-refractivity contribution in [3.8, 4) is 21.6 Å². The number of amides is 2. The van der Waals surface area contributed by atoms with Crippen molar-refractivity contribution in [1.82, 2.24) is 50.1 Å². The highest BCUT2D eigenvalue weighted by Gasteiger charge is 2.49. The van der Waals surface area contributed by atoms with Gasteiger partial charge < -0.3 is 45.2 Å². The second-order valence-corrected chi connectivity index (χ2v) is 24.8. The van der Waals surface area contributed by atoms with Gasteiger partial charge in [0.15, 0.2) is 17.4 Å². The first-order valence-electron chi connectivity index (χ1n) is 28.4. The van der Waals surface area contributed by atoms with Crippen molar-refractivity contribution in [3.05, 3.63) is 95.2 Å². The topological polar surface area (TPSA) is 217 Å². The van der Waals surface area contributed by atoms with E-state index in [0.717, 1.165) is 103 Å². The molecule has 7 atom stereocenters. The number of β-amino-alcohol motifs (C(OH)–C–C–N with tert-alkyl or cyclic N) is 1. The average Bonchev–Trinajstić information content (AvgIpc) is 4.29. The van der Waals surface area contributed by atoms with E-state index in [2.05, 4.69) is 47.3 Å². The number of benzene rings is 1. The third kappa shape index (κ3) is 11.2. The van der Waals surface area contributed by atoms with Gasteiger partial charge in [-0.05, 0) is 120 Å². The summed E-state index contributed by atoms with van der Waals surface area (Å²) in [5, 5.41) is 42.8. The van der Waals surface area contributed by atoms with Crippen LogP contribution in [0.1, 0.15) is 127 Å². The van der Waals surface area contributed by atoms with Crippen molar-refractivity contribution in [2.75, 3.05) is 69.6 Å². The lowest BCUT2D eigenvalue weighted by Crippen LogP contribution is -2.59. The lowest BCUT2D eigenvalue weighted by atomic mass is 9.60. The van der Waals surface area contributed by atoms with Crippen molar-refractivity contribution in [2.45, 2.75) is 141 Å². The lowest BCUT2D eigenvalue weighted by molar-refractivity contribution is -0.141. The molecule has 5 N–H and O–H groups in total. The summed E-state index contributed by atoms with van der Waals surface area (Å²) in [5.41, 5.74) is 13.5. The molecular weight excluding hydrogens is 1000 g/mol. The Morgan fingerprint density at radius 3 is 2.47 bits per heavy atom. The molecule has 2 aliphatic carbocycles. The first kappa shape index (κ1) is 54.1. The number of nitrogens with zero attached hydrogens (tertiary/aromatic N) is 10. The number of hydrogen-bond donors (Lipinski definition) is 4. The summed E-state index contributed by atoms with van der Waals surface area (Å²) >= 11 is 1.60. The maximum Gasteiger partial charge on any atom is 0.243 e. The number of allylic oxidation sites excluding steroid dienone is 2. The quantitative estimate of drug-likeness (QED) is 0.0801. The summed E-state index contributed by atoms with van der Waals surface area (Å²) in [7, 11) is 0. The van der Waals surface area contributed by atoms with Crippen LogP contribution in [0.25, 0.3) is 27.1 Å². The van der Waals surface area contributed by atoms with Gasteiger partial charge in [-0.3, -0.25) is 19.2 Å². The van der Waals surface area contributed by atoms with Gasteiger partial charge in [0.05, 0.1) is 64.5 Å². The number of morpholine rings is 1. The number of likely N-dealkylation sites (tertiary alicyclic amines) is 2. The number of aryl methyl sites for hydroxylation is 1. The third-order valence-corrected chi connectivity index (χ3v) is 19.2. The second kappa shape index (κ2) is 22.4. The largest absolute Gasteiger partial charge is 0.391 e. The molecule has 0 bridgehead atoms. The number of hydrogen-bond acceptors (Lipinski definition) is 16. The molecule has 78 heavy (non-hydrogen) atoms. The van der Waals surface area contributed by atoms with E-state index in [1.54, 1.807) is 23.2 Å². The van der Waals surface area contributed by atoms with E-state index in [1.165, 1.54) is 25.7 Å². The number of piperidine rings is 2. The van der Waals surface area contributed by atoms with Gasteiger partial charge in [-0.2, -0.15) is 5.10 Å². The Morgan fingerprint density at radius 2 is 1.76 bits per heavy atom. The minimum absolute atomic E-state index is 0.0109. The number of aromatic nitrogens is 6. The first-order valence-corrected chi connectivity index (χ1v) is 29.3. The van der Waals surface area contributed by atoms with Crippen LogP contribution in [0.5, 0.6) is 0 Å². The number of nitrogen functional groups attached to an aromatic ring is 1. The number of anilines is 2. The van der Waals surface area contributed by atoms with Gasteiger partial charge in [-0.15, -0.1) is 21.5 Å². The molecule has 5 fully saturated rings. The van der Waals surface area contributed by atoms with E-state index in [0.29, 0.717) is 47.7 Å². The molecule has 2 unspecified atom stereocenters. The van der Waals surface area contributed by atoms with Crippen molar-refractivity contribution in [3.63, 3.8) is 0 Å². The summed E-state index contributed by atoms with van der Waals surface area (Å²) in [6, 6.07) is 11.5. The first-order chi connectivity index (χ1) is 37.5. The molecular formula is C59H78N12O6S. The Balaban J connectivity index is 0.624. The fourth-order valence-electron chi connectivity index (χ4n) is 13.3. The number of aliphatic hydroxyl groups is 2. The van der Waals surface area contributed by atoms with Crippen LogP contribution in [0.2, 0.25) is 0 Å². The summed E-state index contributed by atoms with van der Waals surface area (Å²) in [6.45, 7) is 19.7. The number of thiazole rings is 1. The summed E-state index contributed by atoms with van der Waals surface area (Å²) < 4.78 is 14.4. The summed E-state index contributed by atoms with van der Waals surface area (Å²) in [4.78, 5) is 43.0. The summed E-state index contributed by atoms with van der Waals surface area (Å²) in [6.07, 6.45) is 16.7. The van der Waals surface area contributed by atoms with Crippen molar-refractivity contribution in [2.24, 2.45) is 17.3 Å². The maximum absolute atomic E-state index is 14.4. The zero-order valence-electron chi connectivity index (χ0n) is 46.1. The van der Waals surface area contributed by atoms with Gasteiger partial charge in [0.2, 0.25) is 11.8 Å². The highest BCUT2D eigenvalue weighted by Crippen LogP contribution is 2.51. The van der Waals surface area contributed by atoms with E-state index in [4.69, 9.17) is 20.1 Å². The SMILES string of the molecule is Cc1ncsc1-c1ccc([C@H](C)NC(=O)[C@@H]2C[C@@H](O)CN2C(=O)[C@@H](c2cc(N3CCC(CN4CCC5(CC4)CC(N4CCO[C@H](C(C)n6cc(-c7cc(C8=CC=CCC8(C)O)nnc7N)cn6)C4)C5)CC3)no2)C(C)C)cc1. The minimum atomic E-state index is -1.03. The van der Waals surface area contributed by atoms with E-state index in [-0.39, 0.29) is 48.9 Å². The standard InChI is InChI=1S/C59H78N12O6S/c1-36(2)53(57(74)70-33-45(72)25-49(70)56(73)63-37(3)41-10-12-42(13-11-41)54-38(4)61-35-78-54)50-27-52(66-77-50)68-19-14-40(15-20-68)31-67-21-17-59(18-22-67)28-44(29-59)69-23-24-76-51(34-69)39(5)71-32-43(30-62-71)46-26-48(64-65-55(46)60)47-9-7-8-16-58(47,6)75/h7-13,26-27,30,32,35-37,39-40,44-45,49,51,53,72,75H,14-25,28-29,31,33-34H2,1-6H3,(H2,60,65)(H,63,73)/t37-,39?,45+,49-,51-,53+,58?/m0/s1. The monoisotopic (exact) mass is 1080 g/mol. The Labute approximate surface area is 462 Å². The Hall–Kier alpha value is -5.83. The number of aliphatic hydroxyl groups excluding tert-OH is 1.